The quantitative estimate of drug-likeness (QED) is 0.605. The highest BCUT2D eigenvalue weighted by Crippen LogP contribution is 2.27. The van der Waals surface area contributed by atoms with E-state index in [0.29, 0.717) is 13.1 Å². The molecular formula is C23H33N3O6S. The molecule has 9 nitrogen and oxygen atoms in total. The number of ether oxygens (including phenoxy) is 1. The van der Waals surface area contributed by atoms with Gasteiger partial charge < -0.3 is 10.1 Å². The van der Waals surface area contributed by atoms with Crippen LogP contribution in [0.4, 0.5) is 4.79 Å². The Morgan fingerprint density at radius 2 is 1.61 bits per heavy atom. The molecule has 0 aromatic heterocycles. The zero-order chi connectivity index (χ0) is 24.2. The highest BCUT2D eigenvalue weighted by atomic mass is 32.2. The lowest BCUT2D eigenvalue weighted by Gasteiger charge is -2.34. The molecule has 1 saturated heterocycles. The van der Waals surface area contributed by atoms with Crippen molar-refractivity contribution in [2.24, 2.45) is 11.8 Å². The molecule has 2 fully saturated rings. The van der Waals surface area contributed by atoms with Gasteiger partial charge in [-0.3, -0.25) is 10.1 Å². The zero-order valence-electron chi connectivity index (χ0n) is 19.4. The van der Waals surface area contributed by atoms with Crippen LogP contribution in [0.15, 0.2) is 29.2 Å². The summed E-state index contributed by atoms with van der Waals surface area (Å²) in [6, 6.07) is 4.92. The zero-order valence-corrected chi connectivity index (χ0v) is 20.2. The van der Waals surface area contributed by atoms with Gasteiger partial charge in [-0.05, 0) is 62.3 Å². The van der Waals surface area contributed by atoms with Crippen molar-refractivity contribution < 1.29 is 27.5 Å². The van der Waals surface area contributed by atoms with Crippen LogP contribution in [0.3, 0.4) is 0 Å². The SMILES string of the molecule is C[C@@H]1C[C@@H](C)CN(S(=O)(=O)c2ccc(C(=O)O[C@@H](C)C(=O)NC(=O)NC3CCCC3)cc2)C1. The number of rotatable bonds is 6. The van der Waals surface area contributed by atoms with Crippen LogP contribution in [-0.4, -0.2) is 55.9 Å². The van der Waals surface area contributed by atoms with Crippen LogP contribution in [0.5, 0.6) is 0 Å². The van der Waals surface area contributed by atoms with Crippen molar-refractivity contribution in [2.45, 2.75) is 69.9 Å². The molecule has 0 radical (unpaired) electrons. The summed E-state index contributed by atoms with van der Waals surface area (Å²) < 4.78 is 32.6. The Labute approximate surface area is 195 Å². The Morgan fingerprint density at radius 3 is 2.18 bits per heavy atom. The smallest absolute Gasteiger partial charge is 0.338 e. The maximum atomic E-state index is 13.0. The van der Waals surface area contributed by atoms with Crippen LogP contribution in [0.1, 0.15) is 63.2 Å². The second-order valence-corrected chi connectivity index (χ2v) is 11.2. The van der Waals surface area contributed by atoms with Crippen molar-refractivity contribution in [2.75, 3.05) is 13.1 Å². The molecule has 0 spiro atoms. The third-order valence-corrected chi connectivity index (χ3v) is 7.99. The van der Waals surface area contributed by atoms with Crippen molar-refractivity contribution in [3.63, 3.8) is 0 Å². The summed E-state index contributed by atoms with van der Waals surface area (Å²) >= 11 is 0. The molecule has 1 aromatic carbocycles. The maximum absolute atomic E-state index is 13.0. The van der Waals surface area contributed by atoms with E-state index in [1.165, 1.54) is 35.5 Å². The van der Waals surface area contributed by atoms with Gasteiger partial charge in [0.15, 0.2) is 6.10 Å². The number of nitrogens with one attached hydrogen (secondary N) is 2. The first-order valence-corrected chi connectivity index (χ1v) is 12.9. The van der Waals surface area contributed by atoms with Gasteiger partial charge in [-0.15, -0.1) is 0 Å². The number of piperidine rings is 1. The second kappa shape index (κ2) is 10.6. The fourth-order valence-corrected chi connectivity index (χ4v) is 6.18. The molecule has 1 saturated carbocycles. The Kier molecular flexibility index (Phi) is 8.12. The highest BCUT2D eigenvalue weighted by Gasteiger charge is 2.32. The molecule has 1 heterocycles. The fraction of sp³-hybridized carbons (Fsp3) is 0.609. The summed E-state index contributed by atoms with van der Waals surface area (Å²) in [5.41, 5.74) is 0.115. The topological polar surface area (TPSA) is 122 Å². The molecule has 2 aliphatic rings. The number of esters is 1. The summed E-state index contributed by atoms with van der Waals surface area (Å²) in [6.45, 7) is 6.38. The largest absolute Gasteiger partial charge is 0.449 e. The predicted octanol–water partition coefficient (Wildman–Crippen LogP) is 2.67. The van der Waals surface area contributed by atoms with E-state index in [9.17, 15) is 22.8 Å². The van der Waals surface area contributed by atoms with Crippen molar-refractivity contribution in [3.8, 4) is 0 Å². The number of sulfonamides is 1. The Hall–Kier alpha value is -2.46. The number of urea groups is 1. The van der Waals surface area contributed by atoms with Gasteiger partial charge in [-0.1, -0.05) is 26.7 Å². The lowest BCUT2D eigenvalue weighted by molar-refractivity contribution is -0.127. The van der Waals surface area contributed by atoms with Gasteiger partial charge >= 0.3 is 12.0 Å². The summed E-state index contributed by atoms with van der Waals surface area (Å²) in [4.78, 5) is 36.6. The first kappa shape index (κ1) is 25.2. The number of imide groups is 1. The summed E-state index contributed by atoms with van der Waals surface area (Å²) in [6.07, 6.45) is 3.66. The second-order valence-electron chi connectivity index (χ2n) is 9.28. The van der Waals surface area contributed by atoms with E-state index in [1.807, 2.05) is 13.8 Å². The predicted molar refractivity (Wildman–Crippen MR) is 122 cm³/mol. The number of hydrogen-bond donors (Lipinski definition) is 2. The summed E-state index contributed by atoms with van der Waals surface area (Å²) in [5.74, 6) is -0.944. The minimum Gasteiger partial charge on any atom is -0.449 e. The molecule has 3 rings (SSSR count). The molecule has 1 aliphatic heterocycles. The standard InChI is InChI=1S/C23H33N3O6S/c1-15-12-16(2)14-26(13-15)33(30,31)20-10-8-18(9-11-20)22(28)32-17(3)21(27)25-23(29)24-19-6-4-5-7-19/h8-11,15-17,19H,4-7,12-14H2,1-3H3,(H2,24,25,27,29)/t15-,16-,17+/m1/s1. The van der Waals surface area contributed by atoms with Gasteiger partial charge in [0.25, 0.3) is 5.91 Å². The van der Waals surface area contributed by atoms with E-state index in [0.717, 1.165) is 32.1 Å². The van der Waals surface area contributed by atoms with Crippen LogP contribution in [0.2, 0.25) is 0 Å². The number of hydrogen-bond acceptors (Lipinski definition) is 6. The molecule has 3 atom stereocenters. The third-order valence-electron chi connectivity index (χ3n) is 6.14. The third kappa shape index (κ3) is 6.54. The van der Waals surface area contributed by atoms with E-state index in [2.05, 4.69) is 10.6 Å². The molecule has 10 heteroatoms. The molecule has 182 valence electrons. The summed E-state index contributed by atoms with van der Waals surface area (Å²) in [5, 5.41) is 4.91. The number of carbonyl (C=O) groups is 3. The average molecular weight is 480 g/mol. The van der Waals surface area contributed by atoms with E-state index < -0.39 is 34.0 Å². The van der Waals surface area contributed by atoms with Crippen molar-refractivity contribution in [1.82, 2.24) is 14.9 Å². The molecule has 2 N–H and O–H groups in total. The minimum atomic E-state index is -3.66. The van der Waals surface area contributed by atoms with Gasteiger partial charge in [-0.25, -0.2) is 18.0 Å². The van der Waals surface area contributed by atoms with Gasteiger partial charge in [0.05, 0.1) is 10.5 Å². The minimum absolute atomic E-state index is 0.0572. The number of amides is 3. The number of benzene rings is 1. The van der Waals surface area contributed by atoms with Crippen LogP contribution < -0.4 is 10.6 Å². The normalized spacial score (nSPS) is 23.0. The molecule has 33 heavy (non-hydrogen) atoms. The summed E-state index contributed by atoms with van der Waals surface area (Å²) in [7, 11) is -3.66. The van der Waals surface area contributed by atoms with Crippen molar-refractivity contribution in [3.05, 3.63) is 29.8 Å². The van der Waals surface area contributed by atoms with Gasteiger partial charge in [0.2, 0.25) is 10.0 Å². The van der Waals surface area contributed by atoms with Gasteiger partial charge in [0.1, 0.15) is 0 Å². The van der Waals surface area contributed by atoms with Crippen LogP contribution in [0, 0.1) is 11.8 Å². The Morgan fingerprint density at radius 1 is 1.03 bits per heavy atom. The van der Waals surface area contributed by atoms with Gasteiger partial charge in [0, 0.05) is 19.1 Å². The van der Waals surface area contributed by atoms with Crippen molar-refractivity contribution in [1.29, 1.82) is 0 Å². The Bertz CT molecular complexity index is 962. The average Bonchev–Trinajstić information content (AvgIpc) is 3.25. The Balaban J connectivity index is 1.56. The van der Waals surface area contributed by atoms with Crippen molar-refractivity contribution >= 4 is 27.9 Å². The monoisotopic (exact) mass is 479 g/mol. The van der Waals surface area contributed by atoms with Crippen LogP contribution >= 0.6 is 0 Å². The fourth-order valence-electron chi connectivity index (χ4n) is 4.50. The molecule has 0 unspecified atom stereocenters. The lowest BCUT2D eigenvalue weighted by atomic mass is 9.94. The first-order chi connectivity index (χ1) is 15.6. The first-order valence-electron chi connectivity index (χ1n) is 11.5. The van der Waals surface area contributed by atoms with Gasteiger partial charge in [-0.2, -0.15) is 4.31 Å². The number of nitrogens with zero attached hydrogens (tertiary/aromatic N) is 1. The maximum Gasteiger partial charge on any atom is 0.338 e. The van der Waals surface area contributed by atoms with Crippen LogP contribution in [-0.2, 0) is 19.6 Å². The van der Waals surface area contributed by atoms with E-state index in [4.69, 9.17) is 4.74 Å². The van der Waals surface area contributed by atoms with E-state index >= 15 is 0 Å². The van der Waals surface area contributed by atoms with E-state index in [-0.39, 0.29) is 28.3 Å². The molecule has 0 bridgehead atoms. The molecule has 3 amide bonds. The molecular weight excluding hydrogens is 446 g/mol. The molecule has 1 aromatic rings. The number of carbonyl (C=O) groups excluding carboxylic acids is 3. The highest BCUT2D eigenvalue weighted by molar-refractivity contribution is 7.89. The van der Waals surface area contributed by atoms with Crippen LogP contribution in [0.25, 0.3) is 0 Å². The van der Waals surface area contributed by atoms with E-state index in [1.54, 1.807) is 0 Å². The molecule has 1 aliphatic carbocycles. The lowest BCUT2D eigenvalue weighted by Crippen LogP contribution is -2.47.